The van der Waals surface area contributed by atoms with Crippen molar-refractivity contribution < 1.29 is 9.53 Å². The first-order valence-electron chi connectivity index (χ1n) is 5.90. The summed E-state index contributed by atoms with van der Waals surface area (Å²) in [7, 11) is 1.56. The largest absolute Gasteiger partial charge is 0.367 e. The highest BCUT2D eigenvalue weighted by Gasteiger charge is 2.24. The number of benzene rings is 1. The summed E-state index contributed by atoms with van der Waals surface area (Å²) < 4.78 is 5.28. The lowest BCUT2D eigenvalue weighted by Gasteiger charge is -2.18. The van der Waals surface area contributed by atoms with Crippen LogP contribution in [0.2, 0.25) is 0 Å². The maximum Gasteiger partial charge on any atom is 0.254 e. The van der Waals surface area contributed by atoms with Gasteiger partial charge in [-0.3, -0.25) is 4.79 Å². The van der Waals surface area contributed by atoms with E-state index in [-0.39, 0.29) is 11.9 Å². The Balaban J connectivity index is 2.00. The SMILES string of the molecule is COC(C(=O)N[C@H]1CCNC1)c1ccccc1. The molecule has 1 fully saturated rings. The summed E-state index contributed by atoms with van der Waals surface area (Å²) in [6.45, 7) is 1.81. The van der Waals surface area contributed by atoms with Gasteiger partial charge in [-0.1, -0.05) is 30.3 Å². The minimum absolute atomic E-state index is 0.0626. The second kappa shape index (κ2) is 5.80. The zero-order chi connectivity index (χ0) is 12.1. The zero-order valence-corrected chi connectivity index (χ0v) is 9.98. The molecule has 1 aliphatic rings. The quantitative estimate of drug-likeness (QED) is 0.812. The Morgan fingerprint density at radius 2 is 2.24 bits per heavy atom. The summed E-state index contributed by atoms with van der Waals surface area (Å²) in [6.07, 6.45) is 0.466. The number of carbonyl (C=O) groups excluding carboxylic acids is 1. The normalized spacial score (nSPS) is 21.1. The fourth-order valence-electron chi connectivity index (χ4n) is 2.08. The first-order chi connectivity index (χ1) is 8.31. The van der Waals surface area contributed by atoms with E-state index >= 15 is 0 Å². The lowest BCUT2D eigenvalue weighted by molar-refractivity contribution is -0.132. The number of carbonyl (C=O) groups is 1. The molecule has 0 radical (unpaired) electrons. The molecule has 2 atom stereocenters. The van der Waals surface area contributed by atoms with Crippen molar-refractivity contribution in [2.45, 2.75) is 18.6 Å². The molecule has 1 saturated heterocycles. The Kier molecular flexibility index (Phi) is 4.12. The fourth-order valence-corrected chi connectivity index (χ4v) is 2.08. The van der Waals surface area contributed by atoms with Gasteiger partial charge in [0.1, 0.15) is 0 Å². The second-order valence-corrected chi connectivity index (χ2v) is 4.22. The summed E-state index contributed by atoms with van der Waals surface area (Å²) in [6, 6.07) is 9.78. The lowest BCUT2D eigenvalue weighted by atomic mass is 10.1. The number of methoxy groups -OCH3 is 1. The van der Waals surface area contributed by atoms with Crippen molar-refractivity contribution in [1.82, 2.24) is 10.6 Å². The number of amides is 1. The molecule has 0 aromatic heterocycles. The first kappa shape index (κ1) is 12.1. The van der Waals surface area contributed by atoms with Gasteiger partial charge < -0.3 is 15.4 Å². The van der Waals surface area contributed by atoms with E-state index < -0.39 is 6.10 Å². The molecule has 4 nitrogen and oxygen atoms in total. The van der Waals surface area contributed by atoms with Gasteiger partial charge in [0.25, 0.3) is 5.91 Å². The highest BCUT2D eigenvalue weighted by molar-refractivity contribution is 5.82. The predicted octanol–water partition coefficient (Wildman–Crippen LogP) is 0.852. The van der Waals surface area contributed by atoms with Gasteiger partial charge in [-0.05, 0) is 18.5 Å². The van der Waals surface area contributed by atoms with E-state index in [1.54, 1.807) is 7.11 Å². The Morgan fingerprint density at radius 1 is 1.47 bits per heavy atom. The van der Waals surface area contributed by atoms with Crippen LogP contribution >= 0.6 is 0 Å². The summed E-state index contributed by atoms with van der Waals surface area (Å²) >= 11 is 0. The van der Waals surface area contributed by atoms with Crippen LogP contribution in [-0.2, 0) is 9.53 Å². The van der Waals surface area contributed by atoms with Crippen molar-refractivity contribution in [3.63, 3.8) is 0 Å². The van der Waals surface area contributed by atoms with Crippen LogP contribution in [0.3, 0.4) is 0 Å². The third-order valence-electron chi connectivity index (χ3n) is 2.98. The highest BCUT2D eigenvalue weighted by Crippen LogP contribution is 2.16. The van der Waals surface area contributed by atoms with Gasteiger partial charge in [-0.25, -0.2) is 0 Å². The number of hydrogen-bond acceptors (Lipinski definition) is 3. The molecule has 1 aromatic rings. The van der Waals surface area contributed by atoms with Crippen molar-refractivity contribution >= 4 is 5.91 Å². The van der Waals surface area contributed by atoms with Crippen LogP contribution < -0.4 is 10.6 Å². The number of rotatable bonds is 4. The second-order valence-electron chi connectivity index (χ2n) is 4.22. The van der Waals surface area contributed by atoms with Crippen LogP contribution in [0.1, 0.15) is 18.1 Å². The molecule has 0 saturated carbocycles. The summed E-state index contributed by atoms with van der Waals surface area (Å²) in [4.78, 5) is 12.1. The van der Waals surface area contributed by atoms with Crippen LogP contribution in [0, 0.1) is 0 Å². The van der Waals surface area contributed by atoms with Crippen molar-refractivity contribution in [2.75, 3.05) is 20.2 Å². The average Bonchev–Trinajstić information content (AvgIpc) is 2.84. The molecule has 17 heavy (non-hydrogen) atoms. The van der Waals surface area contributed by atoms with Crippen LogP contribution in [-0.4, -0.2) is 32.1 Å². The van der Waals surface area contributed by atoms with E-state index in [1.165, 1.54) is 0 Å². The van der Waals surface area contributed by atoms with Crippen LogP contribution in [0.25, 0.3) is 0 Å². The predicted molar refractivity (Wildman–Crippen MR) is 65.6 cm³/mol. The van der Waals surface area contributed by atoms with E-state index in [4.69, 9.17) is 4.74 Å². The molecule has 92 valence electrons. The molecule has 2 N–H and O–H groups in total. The minimum Gasteiger partial charge on any atom is -0.367 e. The van der Waals surface area contributed by atoms with Crippen molar-refractivity contribution in [1.29, 1.82) is 0 Å². The van der Waals surface area contributed by atoms with Gasteiger partial charge >= 0.3 is 0 Å². The Hall–Kier alpha value is -1.39. The smallest absolute Gasteiger partial charge is 0.254 e. The standard InChI is InChI=1S/C13H18N2O2/c1-17-12(10-5-3-2-4-6-10)13(16)15-11-7-8-14-9-11/h2-6,11-12,14H,7-9H2,1H3,(H,15,16)/t11-,12?/m0/s1. The molecule has 4 heteroatoms. The molecular weight excluding hydrogens is 216 g/mol. The molecule has 1 amide bonds. The first-order valence-corrected chi connectivity index (χ1v) is 5.90. The summed E-state index contributed by atoms with van der Waals surface area (Å²) in [5.74, 6) is -0.0626. The Labute approximate surface area is 101 Å². The van der Waals surface area contributed by atoms with Crippen LogP contribution in [0.4, 0.5) is 0 Å². The number of nitrogens with one attached hydrogen (secondary N) is 2. The third-order valence-corrected chi connectivity index (χ3v) is 2.98. The van der Waals surface area contributed by atoms with E-state index in [0.29, 0.717) is 0 Å². The molecule has 0 spiro atoms. The minimum atomic E-state index is -0.517. The molecule has 0 aliphatic carbocycles. The van der Waals surface area contributed by atoms with Crippen LogP contribution in [0.15, 0.2) is 30.3 Å². The van der Waals surface area contributed by atoms with E-state index in [1.807, 2.05) is 30.3 Å². The van der Waals surface area contributed by atoms with Gasteiger partial charge in [0.05, 0.1) is 0 Å². The van der Waals surface area contributed by atoms with Crippen molar-refractivity contribution in [3.05, 3.63) is 35.9 Å². The summed E-state index contributed by atoms with van der Waals surface area (Å²) in [5.41, 5.74) is 0.887. The van der Waals surface area contributed by atoms with Gasteiger partial charge in [0.15, 0.2) is 6.10 Å². The highest BCUT2D eigenvalue weighted by atomic mass is 16.5. The average molecular weight is 234 g/mol. The molecule has 2 rings (SSSR count). The molecule has 0 bridgehead atoms. The summed E-state index contributed by atoms with van der Waals surface area (Å²) in [5, 5.41) is 6.22. The number of ether oxygens (including phenoxy) is 1. The van der Waals surface area contributed by atoms with E-state index in [9.17, 15) is 4.79 Å². The number of hydrogen-bond donors (Lipinski definition) is 2. The maximum absolute atomic E-state index is 12.1. The lowest BCUT2D eigenvalue weighted by Crippen LogP contribution is -2.39. The fraction of sp³-hybridized carbons (Fsp3) is 0.462. The molecular formula is C13H18N2O2. The maximum atomic E-state index is 12.1. The van der Waals surface area contributed by atoms with Crippen LogP contribution in [0.5, 0.6) is 0 Å². The Morgan fingerprint density at radius 3 is 2.82 bits per heavy atom. The third kappa shape index (κ3) is 3.05. The molecule has 1 aliphatic heterocycles. The van der Waals surface area contributed by atoms with Gasteiger partial charge in [0, 0.05) is 19.7 Å². The van der Waals surface area contributed by atoms with E-state index in [2.05, 4.69) is 10.6 Å². The zero-order valence-electron chi connectivity index (χ0n) is 9.98. The van der Waals surface area contributed by atoms with Gasteiger partial charge in [-0.15, -0.1) is 0 Å². The monoisotopic (exact) mass is 234 g/mol. The van der Waals surface area contributed by atoms with Crippen molar-refractivity contribution in [2.24, 2.45) is 0 Å². The Bertz CT molecular complexity index is 361. The molecule has 1 heterocycles. The van der Waals surface area contributed by atoms with Gasteiger partial charge in [0.2, 0.25) is 0 Å². The molecule has 1 aromatic carbocycles. The molecule has 1 unspecified atom stereocenters. The van der Waals surface area contributed by atoms with E-state index in [0.717, 1.165) is 25.1 Å². The topological polar surface area (TPSA) is 50.4 Å². The van der Waals surface area contributed by atoms with Gasteiger partial charge in [-0.2, -0.15) is 0 Å². The van der Waals surface area contributed by atoms with Crippen molar-refractivity contribution in [3.8, 4) is 0 Å².